The van der Waals surface area contributed by atoms with Crippen LogP contribution in [0.4, 0.5) is 4.39 Å². The number of hydrogen-bond acceptors (Lipinski definition) is 3. The average Bonchev–Trinajstić information content (AvgIpc) is 2.35. The summed E-state index contributed by atoms with van der Waals surface area (Å²) in [4.78, 5) is 0. The van der Waals surface area contributed by atoms with Gasteiger partial charge in [-0.2, -0.15) is 0 Å². The maximum atomic E-state index is 13.9. The molecule has 0 aromatic heterocycles. The highest BCUT2D eigenvalue weighted by Crippen LogP contribution is 2.28. The number of ether oxygens (including phenoxy) is 1. The highest BCUT2D eigenvalue weighted by molar-refractivity contribution is 6.31. The van der Waals surface area contributed by atoms with Crippen LogP contribution in [0.1, 0.15) is 33.3 Å². The van der Waals surface area contributed by atoms with Crippen molar-refractivity contribution in [2.24, 2.45) is 11.3 Å². The van der Waals surface area contributed by atoms with Gasteiger partial charge in [0.25, 0.3) is 0 Å². The van der Waals surface area contributed by atoms with Crippen LogP contribution in [0, 0.1) is 11.2 Å². The molecule has 2 unspecified atom stereocenters. The fourth-order valence-electron chi connectivity index (χ4n) is 2.35. The van der Waals surface area contributed by atoms with Crippen molar-refractivity contribution < 1.29 is 9.13 Å². The molecule has 1 aromatic rings. The Balaban J connectivity index is 3.00. The third-order valence-corrected chi connectivity index (χ3v) is 3.62. The quantitative estimate of drug-likeness (QED) is 0.626. The summed E-state index contributed by atoms with van der Waals surface area (Å²) in [6.07, 6.45) is 0.234. The van der Waals surface area contributed by atoms with Gasteiger partial charge in [0, 0.05) is 17.2 Å². The zero-order valence-electron chi connectivity index (χ0n) is 12.5. The minimum absolute atomic E-state index is 0.120. The SMILES string of the molecule is CCOC(C(Cc1c(F)cccc1Cl)NN)C(C)(C)C. The molecule has 1 rings (SSSR count). The van der Waals surface area contributed by atoms with Gasteiger partial charge in [-0.1, -0.05) is 38.4 Å². The van der Waals surface area contributed by atoms with E-state index in [1.165, 1.54) is 6.07 Å². The van der Waals surface area contributed by atoms with E-state index in [1.54, 1.807) is 12.1 Å². The highest BCUT2D eigenvalue weighted by Gasteiger charge is 2.33. The predicted molar refractivity (Wildman–Crippen MR) is 81.1 cm³/mol. The second-order valence-corrected chi connectivity index (χ2v) is 6.33. The molecule has 0 fully saturated rings. The molecule has 0 saturated heterocycles. The topological polar surface area (TPSA) is 47.3 Å². The number of rotatable bonds is 6. The molecule has 2 atom stereocenters. The van der Waals surface area contributed by atoms with E-state index in [2.05, 4.69) is 26.2 Å². The first-order valence-electron chi connectivity index (χ1n) is 6.81. The van der Waals surface area contributed by atoms with Gasteiger partial charge in [-0.25, -0.2) is 4.39 Å². The van der Waals surface area contributed by atoms with E-state index < -0.39 is 0 Å². The Bertz CT molecular complexity index is 414. The Hall–Kier alpha value is -0.680. The summed E-state index contributed by atoms with van der Waals surface area (Å²) in [5.74, 6) is 5.34. The average molecular weight is 303 g/mol. The molecule has 0 spiro atoms. The van der Waals surface area contributed by atoms with E-state index in [-0.39, 0.29) is 23.4 Å². The summed E-state index contributed by atoms with van der Waals surface area (Å²) in [6.45, 7) is 8.72. The molecule has 0 aliphatic rings. The van der Waals surface area contributed by atoms with Crippen molar-refractivity contribution in [1.29, 1.82) is 0 Å². The summed E-state index contributed by atoms with van der Waals surface area (Å²) in [5.41, 5.74) is 3.09. The van der Waals surface area contributed by atoms with Crippen molar-refractivity contribution in [2.75, 3.05) is 6.61 Å². The zero-order valence-corrected chi connectivity index (χ0v) is 13.3. The van der Waals surface area contributed by atoms with E-state index in [0.717, 1.165) is 0 Å². The number of hydrogen-bond donors (Lipinski definition) is 2. The minimum Gasteiger partial charge on any atom is -0.376 e. The van der Waals surface area contributed by atoms with Crippen LogP contribution < -0.4 is 11.3 Å². The summed E-state index contributed by atoms with van der Waals surface area (Å²) >= 11 is 6.08. The van der Waals surface area contributed by atoms with E-state index in [9.17, 15) is 4.39 Å². The van der Waals surface area contributed by atoms with Gasteiger partial charge in [-0.15, -0.1) is 0 Å². The van der Waals surface area contributed by atoms with E-state index in [0.29, 0.717) is 23.6 Å². The maximum absolute atomic E-state index is 13.9. The molecule has 0 amide bonds. The molecular weight excluding hydrogens is 279 g/mol. The molecule has 20 heavy (non-hydrogen) atoms. The van der Waals surface area contributed by atoms with Gasteiger partial charge in [-0.05, 0) is 30.9 Å². The van der Waals surface area contributed by atoms with Crippen LogP contribution in [-0.4, -0.2) is 18.8 Å². The number of benzene rings is 1. The predicted octanol–water partition coefficient (Wildman–Crippen LogP) is 3.30. The lowest BCUT2D eigenvalue weighted by molar-refractivity contribution is -0.0357. The Labute approximate surface area is 125 Å². The molecule has 1 aromatic carbocycles. The number of halogens is 2. The molecule has 5 heteroatoms. The largest absolute Gasteiger partial charge is 0.376 e. The molecule has 0 aliphatic heterocycles. The maximum Gasteiger partial charge on any atom is 0.127 e. The number of nitrogens with one attached hydrogen (secondary N) is 1. The Morgan fingerprint density at radius 3 is 2.50 bits per heavy atom. The monoisotopic (exact) mass is 302 g/mol. The Kier molecular flexibility index (Phi) is 6.40. The molecule has 0 heterocycles. The molecule has 3 N–H and O–H groups in total. The van der Waals surface area contributed by atoms with Crippen molar-refractivity contribution >= 4 is 11.6 Å². The van der Waals surface area contributed by atoms with E-state index in [4.69, 9.17) is 22.2 Å². The third kappa shape index (κ3) is 4.42. The van der Waals surface area contributed by atoms with E-state index in [1.807, 2.05) is 6.92 Å². The summed E-state index contributed by atoms with van der Waals surface area (Å²) in [5, 5.41) is 0.411. The first-order valence-corrected chi connectivity index (χ1v) is 7.19. The van der Waals surface area contributed by atoms with Gasteiger partial charge in [0.2, 0.25) is 0 Å². The smallest absolute Gasteiger partial charge is 0.127 e. The van der Waals surface area contributed by atoms with Crippen LogP contribution in [0.25, 0.3) is 0 Å². The second-order valence-electron chi connectivity index (χ2n) is 5.92. The van der Waals surface area contributed by atoms with Gasteiger partial charge in [0.05, 0.1) is 12.1 Å². The fraction of sp³-hybridized carbons (Fsp3) is 0.600. The van der Waals surface area contributed by atoms with Crippen LogP contribution in [0.2, 0.25) is 5.02 Å². The van der Waals surface area contributed by atoms with E-state index >= 15 is 0 Å². The lowest BCUT2D eigenvalue weighted by Crippen LogP contribution is -2.52. The molecule has 0 radical (unpaired) electrons. The van der Waals surface area contributed by atoms with Crippen LogP contribution >= 0.6 is 11.6 Å². The second kappa shape index (κ2) is 7.36. The Morgan fingerprint density at radius 1 is 1.40 bits per heavy atom. The van der Waals surface area contributed by atoms with Crippen LogP contribution in [0.15, 0.2) is 18.2 Å². The highest BCUT2D eigenvalue weighted by atomic mass is 35.5. The zero-order chi connectivity index (χ0) is 15.3. The molecule has 0 aliphatic carbocycles. The summed E-state index contributed by atoms with van der Waals surface area (Å²) in [7, 11) is 0. The van der Waals surface area contributed by atoms with Crippen LogP contribution in [-0.2, 0) is 11.2 Å². The first-order chi connectivity index (χ1) is 9.31. The molecule has 0 bridgehead atoms. The van der Waals surface area contributed by atoms with Gasteiger partial charge in [0.1, 0.15) is 5.82 Å². The fourth-order valence-corrected chi connectivity index (χ4v) is 2.59. The Morgan fingerprint density at radius 2 is 2.05 bits per heavy atom. The van der Waals surface area contributed by atoms with Crippen LogP contribution in [0.5, 0.6) is 0 Å². The number of nitrogens with two attached hydrogens (primary N) is 1. The standard InChI is InChI=1S/C15H24ClFN2O/c1-5-20-14(15(2,3)4)13(19-18)9-10-11(16)7-6-8-12(10)17/h6-8,13-14,19H,5,9,18H2,1-4H3. The minimum atomic E-state index is -0.318. The van der Waals surface area contributed by atoms with Gasteiger partial charge in [-0.3, -0.25) is 11.3 Å². The van der Waals surface area contributed by atoms with Crippen molar-refractivity contribution in [3.63, 3.8) is 0 Å². The van der Waals surface area contributed by atoms with Gasteiger partial charge < -0.3 is 4.74 Å². The van der Waals surface area contributed by atoms with Crippen molar-refractivity contribution in [3.8, 4) is 0 Å². The van der Waals surface area contributed by atoms with Gasteiger partial charge >= 0.3 is 0 Å². The van der Waals surface area contributed by atoms with Crippen molar-refractivity contribution in [2.45, 2.75) is 46.3 Å². The molecule has 114 valence electrons. The molecule has 3 nitrogen and oxygen atoms in total. The van der Waals surface area contributed by atoms with Gasteiger partial charge in [0.15, 0.2) is 0 Å². The van der Waals surface area contributed by atoms with Crippen LogP contribution in [0.3, 0.4) is 0 Å². The molecule has 0 saturated carbocycles. The molecular formula is C15H24ClFN2O. The lowest BCUT2D eigenvalue weighted by Gasteiger charge is -2.36. The lowest BCUT2D eigenvalue weighted by atomic mass is 9.82. The normalized spacial score (nSPS) is 15.2. The van der Waals surface area contributed by atoms with Crippen molar-refractivity contribution in [3.05, 3.63) is 34.6 Å². The summed E-state index contributed by atoms with van der Waals surface area (Å²) in [6, 6.07) is 4.46. The summed E-state index contributed by atoms with van der Waals surface area (Å²) < 4.78 is 19.7. The third-order valence-electron chi connectivity index (χ3n) is 3.27. The number of hydrazine groups is 1. The first kappa shape index (κ1) is 17.4. The van der Waals surface area contributed by atoms with Crippen molar-refractivity contribution in [1.82, 2.24) is 5.43 Å².